The number of fused-ring (bicyclic) bond motifs is 1. The number of para-hydroxylation sites is 1. The molecule has 7 heteroatoms. The van der Waals surface area contributed by atoms with Crippen molar-refractivity contribution in [3.05, 3.63) is 69.5 Å². The summed E-state index contributed by atoms with van der Waals surface area (Å²) in [5, 5.41) is 2.93. The molecule has 1 atom stereocenters. The number of hydrogen-bond acceptors (Lipinski definition) is 4. The van der Waals surface area contributed by atoms with Crippen molar-refractivity contribution >= 4 is 22.6 Å². The molecular formula is C16H14N4O3. The number of rotatable bonds is 3. The average Bonchev–Trinajstić information content (AvgIpc) is 2.55. The Morgan fingerprint density at radius 2 is 1.91 bits per heavy atom. The van der Waals surface area contributed by atoms with Crippen LogP contribution in [0.3, 0.4) is 0 Å². The summed E-state index contributed by atoms with van der Waals surface area (Å²) in [6, 6.07) is 10.8. The Labute approximate surface area is 130 Å². The maximum atomic E-state index is 12.5. The number of carbonyl (C=O) groups excluding carboxylic acids is 1. The highest BCUT2D eigenvalue weighted by molar-refractivity contribution is 5.92. The molecule has 0 saturated carbocycles. The van der Waals surface area contributed by atoms with Crippen LogP contribution < -0.4 is 16.6 Å². The molecule has 2 N–H and O–H groups in total. The van der Waals surface area contributed by atoms with Crippen molar-refractivity contribution in [2.24, 2.45) is 0 Å². The molecule has 0 aliphatic carbocycles. The number of pyridine rings is 1. The summed E-state index contributed by atoms with van der Waals surface area (Å²) in [4.78, 5) is 43.5. The van der Waals surface area contributed by atoms with E-state index in [1.54, 1.807) is 42.5 Å². The summed E-state index contributed by atoms with van der Waals surface area (Å²) >= 11 is 0. The van der Waals surface area contributed by atoms with Crippen LogP contribution in [0.25, 0.3) is 10.9 Å². The van der Waals surface area contributed by atoms with Gasteiger partial charge < -0.3 is 10.3 Å². The minimum Gasteiger partial charge on any atom is -0.309 e. The number of hydrogen-bond donors (Lipinski definition) is 2. The fourth-order valence-electron chi connectivity index (χ4n) is 2.31. The summed E-state index contributed by atoms with van der Waals surface area (Å²) in [6.07, 6.45) is 1.54. The number of H-pyrrole nitrogens is 1. The van der Waals surface area contributed by atoms with Gasteiger partial charge in [-0.1, -0.05) is 18.2 Å². The van der Waals surface area contributed by atoms with E-state index in [9.17, 15) is 14.4 Å². The van der Waals surface area contributed by atoms with Crippen molar-refractivity contribution in [3.8, 4) is 0 Å². The number of amides is 1. The molecule has 2 aromatic heterocycles. The lowest BCUT2D eigenvalue weighted by Crippen LogP contribution is -2.41. The van der Waals surface area contributed by atoms with Crippen LogP contribution in [0.2, 0.25) is 0 Å². The highest BCUT2D eigenvalue weighted by Crippen LogP contribution is 2.08. The van der Waals surface area contributed by atoms with E-state index in [0.717, 1.165) is 4.57 Å². The standard InChI is InChI=1S/C16H14N4O3/c1-10(14(21)19-13-8-4-5-9-17-13)20-15(22)11-6-2-3-7-12(11)18-16(20)23/h2-10H,1H3,(H,18,23)(H,17,19,21). The van der Waals surface area contributed by atoms with Gasteiger partial charge in [0, 0.05) is 6.20 Å². The number of benzene rings is 1. The van der Waals surface area contributed by atoms with Crippen LogP contribution in [-0.4, -0.2) is 20.4 Å². The number of anilines is 1. The molecule has 1 amide bonds. The van der Waals surface area contributed by atoms with E-state index in [2.05, 4.69) is 15.3 Å². The van der Waals surface area contributed by atoms with E-state index < -0.39 is 23.2 Å². The van der Waals surface area contributed by atoms with Gasteiger partial charge in [0.05, 0.1) is 10.9 Å². The van der Waals surface area contributed by atoms with Crippen LogP contribution in [0.1, 0.15) is 13.0 Å². The Kier molecular flexibility index (Phi) is 3.76. The van der Waals surface area contributed by atoms with Gasteiger partial charge in [-0.2, -0.15) is 0 Å². The molecule has 0 bridgehead atoms. The topological polar surface area (TPSA) is 96.8 Å². The van der Waals surface area contributed by atoms with Crippen LogP contribution in [-0.2, 0) is 4.79 Å². The maximum absolute atomic E-state index is 12.5. The van der Waals surface area contributed by atoms with E-state index in [4.69, 9.17) is 0 Å². The van der Waals surface area contributed by atoms with Gasteiger partial charge in [0.15, 0.2) is 0 Å². The molecule has 23 heavy (non-hydrogen) atoms. The molecule has 1 unspecified atom stereocenters. The van der Waals surface area contributed by atoms with E-state index in [1.807, 2.05) is 0 Å². The Bertz CT molecular complexity index is 976. The first-order valence-electron chi connectivity index (χ1n) is 7.03. The first kappa shape index (κ1) is 14.7. The minimum atomic E-state index is -0.974. The number of aromatic amines is 1. The number of nitrogens with one attached hydrogen (secondary N) is 2. The molecule has 0 radical (unpaired) electrons. The molecule has 0 saturated heterocycles. The highest BCUT2D eigenvalue weighted by atomic mass is 16.2. The number of carbonyl (C=O) groups is 1. The average molecular weight is 310 g/mol. The summed E-state index contributed by atoms with van der Waals surface area (Å²) in [7, 11) is 0. The number of aromatic nitrogens is 3. The molecular weight excluding hydrogens is 296 g/mol. The van der Waals surface area contributed by atoms with Crippen molar-refractivity contribution in [2.75, 3.05) is 5.32 Å². The van der Waals surface area contributed by atoms with Gasteiger partial charge in [-0.15, -0.1) is 0 Å². The third-order valence-electron chi connectivity index (χ3n) is 3.52. The van der Waals surface area contributed by atoms with E-state index in [1.165, 1.54) is 13.1 Å². The lowest BCUT2D eigenvalue weighted by molar-refractivity contribution is -0.119. The fourth-order valence-corrected chi connectivity index (χ4v) is 2.31. The van der Waals surface area contributed by atoms with Crippen LogP contribution in [0.15, 0.2) is 58.3 Å². The zero-order valence-corrected chi connectivity index (χ0v) is 12.3. The molecule has 1 aromatic carbocycles. The van der Waals surface area contributed by atoms with E-state index in [0.29, 0.717) is 16.7 Å². The van der Waals surface area contributed by atoms with Crippen molar-refractivity contribution in [2.45, 2.75) is 13.0 Å². The first-order valence-corrected chi connectivity index (χ1v) is 7.03. The summed E-state index contributed by atoms with van der Waals surface area (Å²) < 4.78 is 0.903. The molecule has 3 aromatic rings. The zero-order valence-electron chi connectivity index (χ0n) is 12.3. The van der Waals surface area contributed by atoms with Crippen molar-refractivity contribution < 1.29 is 4.79 Å². The second-order valence-corrected chi connectivity index (χ2v) is 5.03. The predicted octanol–water partition coefficient (Wildman–Crippen LogP) is 1.28. The second kappa shape index (κ2) is 5.88. The van der Waals surface area contributed by atoms with Crippen molar-refractivity contribution in [3.63, 3.8) is 0 Å². The fraction of sp³-hybridized carbons (Fsp3) is 0.125. The van der Waals surface area contributed by atoms with Gasteiger partial charge >= 0.3 is 5.69 Å². The van der Waals surface area contributed by atoms with Crippen molar-refractivity contribution in [1.82, 2.24) is 14.5 Å². The molecule has 7 nitrogen and oxygen atoms in total. The second-order valence-electron chi connectivity index (χ2n) is 5.03. The van der Waals surface area contributed by atoms with Crippen LogP contribution in [0, 0.1) is 0 Å². The van der Waals surface area contributed by atoms with Gasteiger partial charge in [-0.05, 0) is 31.2 Å². The predicted molar refractivity (Wildman–Crippen MR) is 86.4 cm³/mol. The Hall–Kier alpha value is -3.22. The summed E-state index contributed by atoms with van der Waals surface area (Å²) in [5.41, 5.74) is -0.693. The molecule has 3 rings (SSSR count). The highest BCUT2D eigenvalue weighted by Gasteiger charge is 2.20. The molecule has 0 aliphatic rings. The quantitative estimate of drug-likeness (QED) is 0.761. The van der Waals surface area contributed by atoms with E-state index in [-0.39, 0.29) is 0 Å². The molecule has 0 fully saturated rings. The number of nitrogens with zero attached hydrogens (tertiary/aromatic N) is 2. The minimum absolute atomic E-state index is 0.351. The first-order chi connectivity index (χ1) is 11.1. The largest absolute Gasteiger partial charge is 0.329 e. The Morgan fingerprint density at radius 3 is 2.65 bits per heavy atom. The molecule has 2 heterocycles. The van der Waals surface area contributed by atoms with Crippen molar-refractivity contribution in [1.29, 1.82) is 0 Å². The molecule has 0 aliphatic heterocycles. The third kappa shape index (κ3) is 2.76. The Morgan fingerprint density at radius 1 is 1.17 bits per heavy atom. The molecule has 0 spiro atoms. The zero-order chi connectivity index (χ0) is 16.4. The maximum Gasteiger partial charge on any atom is 0.329 e. The summed E-state index contributed by atoms with van der Waals surface area (Å²) in [5.74, 6) is -0.138. The SMILES string of the molecule is CC(C(=O)Nc1ccccn1)n1c(=O)[nH]c2ccccc2c1=O. The monoisotopic (exact) mass is 310 g/mol. The van der Waals surface area contributed by atoms with Crippen LogP contribution in [0.4, 0.5) is 5.82 Å². The normalized spacial score (nSPS) is 12.0. The van der Waals surface area contributed by atoms with Crippen LogP contribution in [0.5, 0.6) is 0 Å². The molecule has 116 valence electrons. The lowest BCUT2D eigenvalue weighted by Gasteiger charge is -2.14. The van der Waals surface area contributed by atoms with E-state index >= 15 is 0 Å². The van der Waals surface area contributed by atoms with Crippen LogP contribution >= 0.6 is 0 Å². The van der Waals surface area contributed by atoms with Gasteiger partial charge in [-0.25, -0.2) is 14.3 Å². The van der Waals surface area contributed by atoms with Gasteiger partial charge in [0.1, 0.15) is 11.9 Å². The smallest absolute Gasteiger partial charge is 0.309 e. The third-order valence-corrected chi connectivity index (χ3v) is 3.52. The van der Waals surface area contributed by atoms with Gasteiger partial charge in [0.2, 0.25) is 5.91 Å². The lowest BCUT2D eigenvalue weighted by atomic mass is 10.2. The Balaban J connectivity index is 2.01. The van der Waals surface area contributed by atoms with Gasteiger partial charge in [-0.3, -0.25) is 9.59 Å². The van der Waals surface area contributed by atoms with Gasteiger partial charge in [0.25, 0.3) is 5.56 Å². The summed E-state index contributed by atoms with van der Waals surface area (Å²) in [6.45, 7) is 1.49.